The summed E-state index contributed by atoms with van der Waals surface area (Å²) in [7, 11) is 0. The smallest absolute Gasteiger partial charge is 0.145 e. The Kier molecular flexibility index (Phi) is 8.40. The molecular weight excluding hydrogens is 705 g/mol. The Hall–Kier alpha value is -7.30. The lowest BCUT2D eigenvalue weighted by Crippen LogP contribution is -2.11. The van der Waals surface area contributed by atoms with Gasteiger partial charge in [0, 0.05) is 38.8 Å². The minimum atomic E-state index is 0.464. The number of aromatic nitrogens is 3. The molecule has 0 saturated heterocycles. The Balaban J connectivity index is 0.893. The molecule has 8 aromatic carbocycles. The number of nitrogens with zero attached hydrogens (tertiary/aromatic N) is 3. The summed E-state index contributed by atoms with van der Waals surface area (Å²) >= 11 is 0. The molecule has 3 heterocycles. The highest BCUT2D eigenvalue weighted by Gasteiger charge is 2.20. The van der Waals surface area contributed by atoms with E-state index in [1.165, 1.54) is 49.7 Å². The summed E-state index contributed by atoms with van der Waals surface area (Å²) in [6, 6.07) is 69.8. The molecule has 58 heavy (non-hydrogen) atoms. The summed E-state index contributed by atoms with van der Waals surface area (Å²) in [5, 5.41) is 2.44. The highest BCUT2D eigenvalue weighted by atomic mass is 15.1. The van der Waals surface area contributed by atoms with Crippen molar-refractivity contribution < 1.29 is 0 Å². The molecule has 0 radical (unpaired) electrons. The quantitative estimate of drug-likeness (QED) is 0.181. The zero-order valence-electron chi connectivity index (χ0n) is 32.0. The van der Waals surface area contributed by atoms with E-state index in [4.69, 9.17) is 9.98 Å². The SMILES string of the molecule is c1ccc(C2CCC(c3ccc(-c4ccc5[nH]c6ccc(-c7ccc(-c8nc9ccccc9n8-c8ccccc8)cc7)cc6c5c4)cc3)=Nc3ccccc3C2)cc1. The van der Waals surface area contributed by atoms with Crippen LogP contribution in [0.25, 0.3) is 72.2 Å². The third-order valence-electron chi connectivity index (χ3n) is 11.9. The zero-order valence-corrected chi connectivity index (χ0v) is 32.0. The number of rotatable bonds is 6. The molecule has 276 valence electrons. The van der Waals surface area contributed by atoms with Crippen molar-refractivity contribution in [2.24, 2.45) is 4.99 Å². The Morgan fingerprint density at radius 2 is 1.07 bits per heavy atom. The zero-order chi connectivity index (χ0) is 38.4. The van der Waals surface area contributed by atoms with Gasteiger partial charge in [0.1, 0.15) is 5.82 Å². The van der Waals surface area contributed by atoms with Gasteiger partial charge in [-0.3, -0.25) is 9.56 Å². The van der Waals surface area contributed by atoms with Gasteiger partial charge in [-0.15, -0.1) is 0 Å². The normalized spacial score (nSPS) is 14.3. The van der Waals surface area contributed by atoms with Gasteiger partial charge in [-0.25, -0.2) is 4.98 Å². The van der Waals surface area contributed by atoms with Crippen LogP contribution in [0, 0.1) is 0 Å². The molecule has 0 aliphatic carbocycles. The number of aromatic amines is 1. The van der Waals surface area contributed by atoms with Gasteiger partial charge in [-0.2, -0.15) is 0 Å². The number of imidazole rings is 1. The van der Waals surface area contributed by atoms with E-state index in [0.717, 1.165) is 69.8 Å². The average molecular weight is 745 g/mol. The van der Waals surface area contributed by atoms with Crippen molar-refractivity contribution in [3.63, 3.8) is 0 Å². The van der Waals surface area contributed by atoms with Crippen LogP contribution < -0.4 is 0 Å². The standard InChI is InChI=1S/C54H40N4/c1-3-11-36(12-4-1)41-27-30-49(55-48-16-8-7-13-44(48)33-41)39-23-19-37(20-24-39)42-28-31-50-46(34-42)47-35-43(29-32-51(47)56-50)38-21-25-40(26-22-38)54-57-52-17-9-10-18-53(52)58(54)45-14-5-2-6-15-45/h1-26,28-29,31-32,34-35,41,56H,27,30,33H2. The molecule has 0 fully saturated rings. The van der Waals surface area contributed by atoms with Crippen molar-refractivity contribution in [2.45, 2.75) is 25.2 Å². The molecule has 1 N–H and O–H groups in total. The number of nitrogens with one attached hydrogen (secondary N) is 1. The average Bonchev–Trinajstić information content (AvgIpc) is 3.86. The van der Waals surface area contributed by atoms with Crippen molar-refractivity contribution in [3.8, 4) is 39.3 Å². The summed E-state index contributed by atoms with van der Waals surface area (Å²) < 4.78 is 2.25. The van der Waals surface area contributed by atoms with Gasteiger partial charge in [0.05, 0.1) is 16.7 Å². The molecule has 0 amide bonds. The number of aliphatic imine (C=N–C) groups is 1. The highest BCUT2D eigenvalue weighted by Crippen LogP contribution is 2.37. The first-order valence-electron chi connectivity index (χ1n) is 20.2. The predicted octanol–water partition coefficient (Wildman–Crippen LogP) is 13.9. The van der Waals surface area contributed by atoms with Gasteiger partial charge >= 0.3 is 0 Å². The number of H-pyrrole nitrogens is 1. The Bertz CT molecular complexity index is 3120. The molecule has 0 bridgehead atoms. The van der Waals surface area contributed by atoms with Crippen LogP contribution >= 0.6 is 0 Å². The van der Waals surface area contributed by atoms with E-state index in [9.17, 15) is 0 Å². The first-order valence-corrected chi connectivity index (χ1v) is 20.2. The summed E-state index contributed by atoms with van der Waals surface area (Å²) in [4.78, 5) is 14.0. The Morgan fingerprint density at radius 1 is 0.500 bits per heavy atom. The number of hydrogen-bond acceptors (Lipinski definition) is 2. The summed E-state index contributed by atoms with van der Waals surface area (Å²) in [5.41, 5.74) is 17.4. The molecule has 0 spiro atoms. The molecule has 0 saturated carbocycles. The first kappa shape index (κ1) is 34.0. The third kappa shape index (κ3) is 6.20. The first-order chi connectivity index (χ1) is 28.7. The lowest BCUT2D eigenvalue weighted by Gasteiger charge is -2.22. The van der Waals surface area contributed by atoms with Crippen molar-refractivity contribution in [1.82, 2.24) is 14.5 Å². The van der Waals surface area contributed by atoms with Crippen molar-refractivity contribution in [3.05, 3.63) is 211 Å². The minimum absolute atomic E-state index is 0.464. The molecule has 11 rings (SSSR count). The number of fused-ring (bicyclic) bond motifs is 5. The van der Waals surface area contributed by atoms with Crippen LogP contribution in [0.1, 0.15) is 35.4 Å². The van der Waals surface area contributed by atoms with E-state index in [2.05, 4.69) is 198 Å². The van der Waals surface area contributed by atoms with Crippen LogP contribution in [0.4, 0.5) is 5.69 Å². The maximum absolute atomic E-state index is 5.25. The molecule has 1 aliphatic rings. The fourth-order valence-corrected chi connectivity index (χ4v) is 8.87. The fraction of sp³-hybridized carbons (Fsp3) is 0.0741. The lowest BCUT2D eigenvalue weighted by molar-refractivity contribution is 0.635. The number of para-hydroxylation sites is 4. The molecule has 1 atom stereocenters. The predicted molar refractivity (Wildman–Crippen MR) is 242 cm³/mol. The van der Waals surface area contributed by atoms with Crippen LogP contribution in [0.2, 0.25) is 0 Å². The van der Waals surface area contributed by atoms with Gasteiger partial charge in [-0.05, 0) is 119 Å². The minimum Gasteiger partial charge on any atom is -0.355 e. The maximum Gasteiger partial charge on any atom is 0.145 e. The second-order valence-electron chi connectivity index (χ2n) is 15.4. The van der Waals surface area contributed by atoms with Crippen molar-refractivity contribution >= 4 is 44.2 Å². The largest absolute Gasteiger partial charge is 0.355 e. The van der Waals surface area contributed by atoms with Crippen LogP contribution in [0.3, 0.4) is 0 Å². The van der Waals surface area contributed by atoms with E-state index in [-0.39, 0.29) is 0 Å². The van der Waals surface area contributed by atoms with Crippen LogP contribution in [-0.2, 0) is 6.42 Å². The van der Waals surface area contributed by atoms with Crippen LogP contribution in [0.15, 0.2) is 199 Å². The summed E-state index contributed by atoms with van der Waals surface area (Å²) in [5.74, 6) is 1.40. The van der Waals surface area contributed by atoms with E-state index in [1.807, 2.05) is 6.07 Å². The summed E-state index contributed by atoms with van der Waals surface area (Å²) in [6.45, 7) is 0. The summed E-state index contributed by atoms with van der Waals surface area (Å²) in [6.07, 6.45) is 3.02. The van der Waals surface area contributed by atoms with Gasteiger partial charge < -0.3 is 4.98 Å². The molecule has 1 aliphatic heterocycles. The van der Waals surface area contributed by atoms with E-state index in [0.29, 0.717) is 5.92 Å². The maximum atomic E-state index is 5.25. The number of benzene rings is 8. The van der Waals surface area contributed by atoms with Gasteiger partial charge in [0.25, 0.3) is 0 Å². The second-order valence-corrected chi connectivity index (χ2v) is 15.4. The van der Waals surface area contributed by atoms with Gasteiger partial charge in [-0.1, -0.05) is 140 Å². The molecular formula is C54H40N4. The fourth-order valence-electron chi connectivity index (χ4n) is 8.87. The van der Waals surface area contributed by atoms with Crippen molar-refractivity contribution in [1.29, 1.82) is 0 Å². The highest BCUT2D eigenvalue weighted by molar-refractivity contribution is 6.10. The molecule has 2 aromatic heterocycles. The second kappa shape index (κ2) is 14.3. The van der Waals surface area contributed by atoms with Gasteiger partial charge in [0.15, 0.2) is 0 Å². The lowest BCUT2D eigenvalue weighted by atomic mass is 9.85. The topological polar surface area (TPSA) is 46.0 Å². The molecule has 4 nitrogen and oxygen atoms in total. The van der Waals surface area contributed by atoms with Crippen molar-refractivity contribution in [2.75, 3.05) is 0 Å². The third-order valence-corrected chi connectivity index (χ3v) is 11.9. The Labute approximate surface area is 337 Å². The Morgan fingerprint density at radius 3 is 1.78 bits per heavy atom. The molecule has 1 unspecified atom stereocenters. The molecule has 10 aromatic rings. The molecule has 4 heteroatoms. The van der Waals surface area contributed by atoms with Gasteiger partial charge in [0.2, 0.25) is 0 Å². The van der Waals surface area contributed by atoms with E-state index < -0.39 is 0 Å². The van der Waals surface area contributed by atoms with Crippen LogP contribution in [-0.4, -0.2) is 20.2 Å². The monoisotopic (exact) mass is 744 g/mol. The van der Waals surface area contributed by atoms with Crippen LogP contribution in [0.5, 0.6) is 0 Å². The van der Waals surface area contributed by atoms with E-state index in [1.54, 1.807) is 0 Å². The van der Waals surface area contributed by atoms with E-state index >= 15 is 0 Å². The number of hydrogen-bond donors (Lipinski definition) is 1.